The van der Waals surface area contributed by atoms with Crippen molar-refractivity contribution in [3.8, 4) is 11.3 Å². The van der Waals surface area contributed by atoms with Gasteiger partial charge >= 0.3 is 5.97 Å². The first-order valence-electron chi connectivity index (χ1n) is 9.32. The molecule has 27 heavy (non-hydrogen) atoms. The maximum atomic E-state index is 12.9. The van der Waals surface area contributed by atoms with Crippen LogP contribution in [0, 0.1) is 6.92 Å². The van der Waals surface area contributed by atoms with Crippen molar-refractivity contribution < 1.29 is 14.3 Å². The molecule has 0 bridgehead atoms. The van der Waals surface area contributed by atoms with Crippen molar-refractivity contribution in [3.05, 3.63) is 65.7 Å². The highest BCUT2D eigenvalue weighted by atomic mass is 16.5. The van der Waals surface area contributed by atoms with Gasteiger partial charge in [-0.1, -0.05) is 48.0 Å². The zero-order chi connectivity index (χ0) is 18.8. The van der Waals surface area contributed by atoms with Crippen LogP contribution in [0.25, 0.3) is 22.2 Å². The molecule has 3 aromatic rings. The number of benzene rings is 2. The summed E-state index contributed by atoms with van der Waals surface area (Å²) in [7, 11) is 0. The van der Waals surface area contributed by atoms with Gasteiger partial charge in [0.15, 0.2) is 11.9 Å². The number of carbonyl (C=O) groups excluding carboxylic acids is 2. The van der Waals surface area contributed by atoms with Crippen LogP contribution in [0.2, 0.25) is 0 Å². The lowest BCUT2D eigenvalue weighted by atomic mass is 9.96. The van der Waals surface area contributed by atoms with E-state index >= 15 is 0 Å². The van der Waals surface area contributed by atoms with Crippen LogP contribution in [0.3, 0.4) is 0 Å². The molecule has 1 aliphatic carbocycles. The Morgan fingerprint density at radius 3 is 2.63 bits per heavy atom. The number of hydrogen-bond donors (Lipinski definition) is 0. The number of hydrogen-bond acceptors (Lipinski definition) is 4. The summed E-state index contributed by atoms with van der Waals surface area (Å²) in [6.45, 7) is 2.03. The number of rotatable bonds is 3. The molecule has 1 saturated carbocycles. The van der Waals surface area contributed by atoms with Crippen molar-refractivity contribution in [2.45, 2.75) is 38.7 Å². The molecule has 4 nitrogen and oxygen atoms in total. The minimum atomic E-state index is -0.624. The first kappa shape index (κ1) is 17.4. The molecule has 1 unspecified atom stereocenters. The fourth-order valence-corrected chi connectivity index (χ4v) is 3.48. The van der Waals surface area contributed by atoms with Gasteiger partial charge < -0.3 is 4.74 Å². The summed E-state index contributed by atoms with van der Waals surface area (Å²) in [5.41, 5.74) is 4.01. The third kappa shape index (κ3) is 3.61. The lowest BCUT2D eigenvalue weighted by molar-refractivity contribution is -0.129. The molecule has 1 aromatic heterocycles. The lowest BCUT2D eigenvalue weighted by Crippen LogP contribution is -2.30. The molecule has 2 aromatic carbocycles. The second-order valence-electron chi connectivity index (χ2n) is 7.04. The van der Waals surface area contributed by atoms with Gasteiger partial charge in [-0.3, -0.25) is 4.79 Å². The second kappa shape index (κ2) is 7.31. The average Bonchev–Trinajstić information content (AvgIpc) is 2.69. The maximum Gasteiger partial charge on any atom is 0.339 e. The number of aryl methyl sites for hydroxylation is 1. The number of fused-ring (bicyclic) bond motifs is 1. The highest BCUT2D eigenvalue weighted by molar-refractivity contribution is 6.05. The molecule has 136 valence electrons. The van der Waals surface area contributed by atoms with E-state index in [9.17, 15) is 9.59 Å². The van der Waals surface area contributed by atoms with Crippen molar-refractivity contribution in [3.63, 3.8) is 0 Å². The zero-order valence-corrected chi connectivity index (χ0v) is 15.3. The van der Waals surface area contributed by atoms with Crippen LogP contribution < -0.4 is 0 Å². The van der Waals surface area contributed by atoms with Crippen molar-refractivity contribution in [2.75, 3.05) is 0 Å². The minimum Gasteiger partial charge on any atom is -0.451 e. The Hall–Kier alpha value is -3.01. The molecule has 4 heteroatoms. The van der Waals surface area contributed by atoms with Gasteiger partial charge in [-0.05, 0) is 38.3 Å². The molecule has 0 amide bonds. The zero-order valence-electron chi connectivity index (χ0n) is 15.3. The summed E-state index contributed by atoms with van der Waals surface area (Å²) < 4.78 is 5.59. The number of para-hydroxylation sites is 1. The van der Waals surface area contributed by atoms with Crippen molar-refractivity contribution in [2.24, 2.45) is 0 Å². The van der Waals surface area contributed by atoms with Crippen LogP contribution in [0.4, 0.5) is 0 Å². The average molecular weight is 359 g/mol. The van der Waals surface area contributed by atoms with E-state index in [1.807, 2.05) is 55.5 Å². The van der Waals surface area contributed by atoms with Crippen molar-refractivity contribution in [1.29, 1.82) is 0 Å². The van der Waals surface area contributed by atoms with Crippen molar-refractivity contribution in [1.82, 2.24) is 4.98 Å². The molecular formula is C23H21NO3. The summed E-state index contributed by atoms with van der Waals surface area (Å²) in [5, 5.41) is 0.738. The molecule has 0 spiro atoms. The van der Waals surface area contributed by atoms with Crippen molar-refractivity contribution >= 4 is 22.7 Å². The Morgan fingerprint density at radius 1 is 1.07 bits per heavy atom. The molecule has 0 aliphatic heterocycles. The molecular weight excluding hydrogens is 338 g/mol. The first-order valence-corrected chi connectivity index (χ1v) is 9.32. The van der Waals surface area contributed by atoms with E-state index in [1.165, 1.54) is 0 Å². The van der Waals surface area contributed by atoms with Gasteiger partial charge in [0, 0.05) is 17.4 Å². The molecule has 4 rings (SSSR count). The normalized spacial score (nSPS) is 17.1. The second-order valence-corrected chi connectivity index (χ2v) is 7.04. The maximum absolute atomic E-state index is 12.9. The molecule has 1 atom stereocenters. The molecule has 0 N–H and O–H groups in total. The van der Waals surface area contributed by atoms with Gasteiger partial charge in [-0.2, -0.15) is 0 Å². The van der Waals surface area contributed by atoms with E-state index in [2.05, 4.69) is 0 Å². The van der Waals surface area contributed by atoms with Gasteiger partial charge in [0.05, 0.1) is 16.8 Å². The predicted octanol–water partition coefficient (Wildman–Crippen LogP) is 4.88. The van der Waals surface area contributed by atoms with Crippen LogP contribution in [0.1, 0.15) is 41.6 Å². The van der Waals surface area contributed by atoms with Crippen LogP contribution in [-0.2, 0) is 9.53 Å². The topological polar surface area (TPSA) is 56.3 Å². The number of esters is 1. The largest absolute Gasteiger partial charge is 0.451 e. The molecule has 1 aliphatic rings. The number of nitrogens with zero attached hydrogens (tertiary/aromatic N) is 1. The Balaban J connectivity index is 1.75. The molecule has 1 heterocycles. The van der Waals surface area contributed by atoms with E-state index < -0.39 is 12.1 Å². The van der Waals surface area contributed by atoms with Gasteiger partial charge in [0.25, 0.3) is 0 Å². The number of pyridine rings is 1. The van der Waals surface area contributed by atoms with Crippen LogP contribution in [0.5, 0.6) is 0 Å². The number of aromatic nitrogens is 1. The molecule has 0 saturated heterocycles. The summed E-state index contributed by atoms with van der Waals surface area (Å²) in [5.74, 6) is -0.436. The van der Waals surface area contributed by atoms with E-state index in [1.54, 1.807) is 6.07 Å². The van der Waals surface area contributed by atoms with Gasteiger partial charge in [-0.25, -0.2) is 9.78 Å². The van der Waals surface area contributed by atoms with Crippen LogP contribution >= 0.6 is 0 Å². The molecule has 1 fully saturated rings. The highest BCUT2D eigenvalue weighted by Crippen LogP contribution is 2.27. The lowest BCUT2D eigenvalue weighted by Gasteiger charge is -2.21. The quantitative estimate of drug-likeness (QED) is 0.626. The summed E-state index contributed by atoms with van der Waals surface area (Å²) in [6.07, 6.45) is 2.26. The Morgan fingerprint density at radius 2 is 1.85 bits per heavy atom. The third-order valence-electron chi connectivity index (χ3n) is 5.03. The molecule has 0 radical (unpaired) electrons. The summed E-state index contributed by atoms with van der Waals surface area (Å²) >= 11 is 0. The van der Waals surface area contributed by atoms with E-state index in [4.69, 9.17) is 9.72 Å². The van der Waals surface area contributed by atoms with Gasteiger partial charge in [0.2, 0.25) is 0 Å². The number of ketones is 1. The third-order valence-corrected chi connectivity index (χ3v) is 5.03. The highest BCUT2D eigenvalue weighted by Gasteiger charge is 2.27. The number of carbonyl (C=O) groups is 2. The van der Waals surface area contributed by atoms with Crippen LogP contribution in [0.15, 0.2) is 54.6 Å². The SMILES string of the molecule is Cc1ccc(-c2cc(C(=O)OC3CCCCC3=O)c3ccccc3n2)cc1. The van der Waals surface area contributed by atoms with Gasteiger partial charge in [0.1, 0.15) is 0 Å². The monoisotopic (exact) mass is 359 g/mol. The summed E-state index contributed by atoms with van der Waals surface area (Å²) in [4.78, 5) is 29.7. The van der Waals surface area contributed by atoms with E-state index in [0.29, 0.717) is 18.4 Å². The van der Waals surface area contributed by atoms with E-state index in [0.717, 1.165) is 40.6 Å². The van der Waals surface area contributed by atoms with E-state index in [-0.39, 0.29) is 5.78 Å². The Bertz CT molecular complexity index is 1010. The standard InChI is InChI=1S/C23H21NO3/c1-15-10-12-16(13-11-15)20-14-18(17-6-2-3-7-19(17)24-20)23(26)27-22-9-5-4-8-21(22)25/h2-3,6-7,10-14,22H,4-5,8-9H2,1H3. The van der Waals surface area contributed by atoms with Crippen LogP contribution in [-0.4, -0.2) is 22.8 Å². The summed E-state index contributed by atoms with van der Waals surface area (Å²) in [6, 6.07) is 17.3. The Kier molecular flexibility index (Phi) is 4.71. The fourth-order valence-electron chi connectivity index (χ4n) is 3.48. The predicted molar refractivity (Wildman–Crippen MR) is 105 cm³/mol. The minimum absolute atomic E-state index is 0.0201. The fraction of sp³-hybridized carbons (Fsp3) is 0.261. The Labute approximate surface area is 158 Å². The number of ether oxygens (including phenoxy) is 1. The number of Topliss-reactive ketones (excluding diaryl/α,β-unsaturated/α-hetero) is 1. The smallest absolute Gasteiger partial charge is 0.339 e. The first-order chi connectivity index (χ1) is 13.1. The van der Waals surface area contributed by atoms with Gasteiger partial charge in [-0.15, -0.1) is 0 Å².